The van der Waals surface area contributed by atoms with Crippen LogP contribution in [0.1, 0.15) is 31.7 Å². The molecular formula is C17H18O. The van der Waals surface area contributed by atoms with Crippen molar-refractivity contribution in [2.75, 3.05) is 0 Å². The van der Waals surface area contributed by atoms with E-state index in [0.717, 1.165) is 11.5 Å². The van der Waals surface area contributed by atoms with E-state index in [9.17, 15) is 4.79 Å². The Bertz CT molecular complexity index is 540. The van der Waals surface area contributed by atoms with Gasteiger partial charge in [-0.25, -0.2) is 0 Å². The van der Waals surface area contributed by atoms with Gasteiger partial charge in [-0.3, -0.25) is 4.79 Å². The maximum atomic E-state index is 12.5. The number of benzene rings is 1. The second kappa shape index (κ2) is 3.57. The third kappa shape index (κ3) is 1.20. The Kier molecular flexibility index (Phi) is 2.09. The maximum absolute atomic E-state index is 12.5. The van der Waals surface area contributed by atoms with Crippen LogP contribution in [-0.2, 0) is 4.79 Å². The number of carbonyl (C=O) groups excluding carboxylic acids is 1. The number of allylic oxidation sites excluding steroid dienone is 2. The highest BCUT2D eigenvalue weighted by Gasteiger charge is 2.55. The van der Waals surface area contributed by atoms with Gasteiger partial charge in [0.05, 0.1) is 0 Å². The average molecular weight is 238 g/mol. The Hall–Kier alpha value is -1.37. The minimum absolute atomic E-state index is 0.332. The van der Waals surface area contributed by atoms with E-state index >= 15 is 0 Å². The van der Waals surface area contributed by atoms with Crippen molar-refractivity contribution in [1.29, 1.82) is 0 Å². The lowest BCUT2D eigenvalue weighted by Crippen LogP contribution is -2.24. The number of Topliss-reactive ketones (excluding diaryl/α,β-unsaturated/α-hetero) is 1. The SMILES string of the molecule is CC1=C(c2ccccc2)[C@@H]2[C@H]3CC[C@H](C3)[C@@H]2C1=O. The molecule has 2 bridgehead atoms. The van der Waals surface area contributed by atoms with Crippen molar-refractivity contribution in [3.05, 3.63) is 41.5 Å². The molecule has 0 amide bonds. The molecule has 1 aromatic rings. The average Bonchev–Trinajstić information content (AvgIpc) is 3.06. The van der Waals surface area contributed by atoms with Gasteiger partial charge >= 0.3 is 0 Å². The molecule has 2 saturated carbocycles. The van der Waals surface area contributed by atoms with Crippen LogP contribution in [0.2, 0.25) is 0 Å². The molecule has 1 aromatic carbocycles. The van der Waals surface area contributed by atoms with E-state index in [-0.39, 0.29) is 0 Å². The lowest BCUT2D eigenvalue weighted by molar-refractivity contribution is -0.120. The first-order valence-corrected chi connectivity index (χ1v) is 7.08. The molecule has 0 radical (unpaired) electrons. The van der Waals surface area contributed by atoms with E-state index in [1.165, 1.54) is 30.4 Å². The standard InChI is InChI=1S/C17H18O/c1-10-14(11-5-3-2-4-6-11)15-12-7-8-13(9-12)16(15)17(10)18/h2-6,12-13,15-16H,7-9H2,1H3/t12-,13+,15-,16-/m0/s1. The Morgan fingerprint density at radius 1 is 1.00 bits per heavy atom. The third-order valence-electron chi connectivity index (χ3n) is 5.41. The molecule has 0 N–H and O–H groups in total. The molecule has 2 fully saturated rings. The van der Waals surface area contributed by atoms with Crippen LogP contribution in [-0.4, -0.2) is 5.78 Å². The van der Waals surface area contributed by atoms with Crippen molar-refractivity contribution in [3.63, 3.8) is 0 Å². The lowest BCUT2D eigenvalue weighted by atomic mass is 9.77. The van der Waals surface area contributed by atoms with Crippen LogP contribution in [0.25, 0.3) is 5.57 Å². The molecule has 3 aliphatic rings. The molecule has 0 aromatic heterocycles. The molecule has 0 unspecified atom stereocenters. The van der Waals surface area contributed by atoms with Crippen molar-refractivity contribution in [2.24, 2.45) is 23.7 Å². The van der Waals surface area contributed by atoms with Crippen LogP contribution in [0.4, 0.5) is 0 Å². The zero-order valence-corrected chi connectivity index (χ0v) is 10.7. The molecule has 4 atom stereocenters. The number of fused-ring (bicyclic) bond motifs is 5. The van der Waals surface area contributed by atoms with Crippen molar-refractivity contribution < 1.29 is 4.79 Å². The highest BCUT2D eigenvalue weighted by atomic mass is 16.1. The second-order valence-electron chi connectivity index (χ2n) is 6.15. The Balaban J connectivity index is 1.85. The minimum atomic E-state index is 0.332. The fraction of sp³-hybridized carbons (Fsp3) is 0.471. The van der Waals surface area contributed by atoms with Gasteiger partial charge in [-0.2, -0.15) is 0 Å². The summed E-state index contributed by atoms with van der Waals surface area (Å²) in [5, 5.41) is 0. The maximum Gasteiger partial charge on any atom is 0.162 e. The van der Waals surface area contributed by atoms with Crippen molar-refractivity contribution in [3.8, 4) is 0 Å². The molecule has 0 aliphatic heterocycles. The summed E-state index contributed by atoms with van der Waals surface area (Å²) in [6, 6.07) is 10.6. The molecule has 3 aliphatic carbocycles. The van der Waals surface area contributed by atoms with Gasteiger partial charge in [0, 0.05) is 5.92 Å². The van der Waals surface area contributed by atoms with Crippen LogP contribution in [0.3, 0.4) is 0 Å². The van der Waals surface area contributed by atoms with Crippen LogP contribution in [0.5, 0.6) is 0 Å². The largest absolute Gasteiger partial charge is 0.294 e. The zero-order valence-electron chi connectivity index (χ0n) is 10.7. The Morgan fingerprint density at radius 3 is 2.39 bits per heavy atom. The first kappa shape index (κ1) is 10.5. The third-order valence-corrected chi connectivity index (χ3v) is 5.41. The summed E-state index contributed by atoms with van der Waals surface area (Å²) in [6.07, 6.45) is 3.92. The Morgan fingerprint density at radius 2 is 1.67 bits per heavy atom. The monoisotopic (exact) mass is 238 g/mol. The quantitative estimate of drug-likeness (QED) is 0.729. The first-order valence-electron chi connectivity index (χ1n) is 7.08. The summed E-state index contributed by atoms with van der Waals surface area (Å²) >= 11 is 0. The number of carbonyl (C=O) groups is 1. The van der Waals surface area contributed by atoms with Gasteiger partial charge in [-0.1, -0.05) is 30.3 Å². The van der Waals surface area contributed by atoms with E-state index in [0.29, 0.717) is 23.5 Å². The van der Waals surface area contributed by atoms with Crippen molar-refractivity contribution >= 4 is 11.4 Å². The molecule has 1 heteroatoms. The summed E-state index contributed by atoms with van der Waals surface area (Å²) in [4.78, 5) is 12.5. The van der Waals surface area contributed by atoms with Crippen molar-refractivity contribution in [2.45, 2.75) is 26.2 Å². The van der Waals surface area contributed by atoms with E-state index < -0.39 is 0 Å². The van der Waals surface area contributed by atoms with Gasteiger partial charge in [-0.05, 0) is 60.6 Å². The number of ketones is 1. The zero-order chi connectivity index (χ0) is 12.3. The van der Waals surface area contributed by atoms with Crippen LogP contribution in [0.15, 0.2) is 35.9 Å². The normalized spacial score (nSPS) is 37.5. The fourth-order valence-electron chi connectivity index (χ4n) is 4.74. The van der Waals surface area contributed by atoms with Gasteiger partial charge in [-0.15, -0.1) is 0 Å². The summed E-state index contributed by atoms with van der Waals surface area (Å²) in [7, 11) is 0. The van der Waals surface area contributed by atoms with Gasteiger partial charge in [0.25, 0.3) is 0 Å². The smallest absolute Gasteiger partial charge is 0.162 e. The summed E-state index contributed by atoms with van der Waals surface area (Å²) in [6.45, 7) is 2.04. The highest BCUT2D eigenvalue weighted by Crippen LogP contribution is 2.61. The summed E-state index contributed by atoms with van der Waals surface area (Å²) < 4.78 is 0. The van der Waals surface area contributed by atoms with Gasteiger partial charge in [0.1, 0.15) is 0 Å². The lowest BCUT2D eigenvalue weighted by Gasteiger charge is -2.26. The highest BCUT2D eigenvalue weighted by molar-refractivity contribution is 6.09. The first-order chi connectivity index (χ1) is 8.77. The van der Waals surface area contributed by atoms with E-state index in [1.807, 2.05) is 6.92 Å². The van der Waals surface area contributed by atoms with Crippen LogP contribution in [0, 0.1) is 23.7 Å². The number of hydrogen-bond acceptors (Lipinski definition) is 1. The fourth-order valence-corrected chi connectivity index (χ4v) is 4.74. The molecule has 0 saturated heterocycles. The topological polar surface area (TPSA) is 17.1 Å². The Labute approximate surface area is 108 Å². The van der Waals surface area contributed by atoms with Gasteiger partial charge in [0.15, 0.2) is 5.78 Å². The second-order valence-corrected chi connectivity index (χ2v) is 6.15. The van der Waals surface area contributed by atoms with E-state index in [2.05, 4.69) is 30.3 Å². The van der Waals surface area contributed by atoms with E-state index in [4.69, 9.17) is 0 Å². The number of hydrogen-bond donors (Lipinski definition) is 0. The molecule has 92 valence electrons. The molecule has 4 rings (SSSR count). The van der Waals surface area contributed by atoms with E-state index in [1.54, 1.807) is 0 Å². The molecule has 0 heterocycles. The number of rotatable bonds is 1. The summed E-state index contributed by atoms with van der Waals surface area (Å²) in [5.74, 6) is 2.78. The van der Waals surface area contributed by atoms with Gasteiger partial charge < -0.3 is 0 Å². The predicted octanol–water partition coefficient (Wildman–Crippen LogP) is 3.71. The summed E-state index contributed by atoms with van der Waals surface area (Å²) in [5.41, 5.74) is 3.70. The molecule has 1 nitrogen and oxygen atoms in total. The molecular weight excluding hydrogens is 220 g/mol. The van der Waals surface area contributed by atoms with Crippen LogP contribution < -0.4 is 0 Å². The van der Waals surface area contributed by atoms with Gasteiger partial charge in [0.2, 0.25) is 0 Å². The van der Waals surface area contributed by atoms with Crippen LogP contribution >= 0.6 is 0 Å². The molecule has 0 spiro atoms. The predicted molar refractivity (Wildman–Crippen MR) is 71.9 cm³/mol. The molecule has 18 heavy (non-hydrogen) atoms. The minimum Gasteiger partial charge on any atom is -0.294 e. The van der Waals surface area contributed by atoms with Crippen molar-refractivity contribution in [1.82, 2.24) is 0 Å².